The first-order valence-corrected chi connectivity index (χ1v) is 10.5. The van der Waals surface area contributed by atoms with Crippen molar-refractivity contribution in [2.24, 2.45) is 11.7 Å². The molecule has 0 aromatic carbocycles. The minimum atomic E-state index is -0.555. The van der Waals surface area contributed by atoms with Crippen LogP contribution in [0, 0.1) is 5.92 Å². The maximum absolute atomic E-state index is 12.4. The van der Waals surface area contributed by atoms with Gasteiger partial charge in [0.1, 0.15) is 23.1 Å². The summed E-state index contributed by atoms with van der Waals surface area (Å²) >= 11 is 0. The summed E-state index contributed by atoms with van der Waals surface area (Å²) in [6.07, 6.45) is 2.24. The summed E-state index contributed by atoms with van der Waals surface area (Å²) in [5.74, 6) is -0.765. The van der Waals surface area contributed by atoms with Crippen LogP contribution in [0.15, 0.2) is 0 Å². The third kappa shape index (κ3) is 13.4. The molecule has 0 saturated carbocycles. The van der Waals surface area contributed by atoms with Gasteiger partial charge in [-0.15, -0.1) is 0 Å². The number of nitrogens with two attached hydrogens (primary N) is 1. The van der Waals surface area contributed by atoms with Crippen LogP contribution in [0.1, 0.15) is 65.2 Å². The largest absolute Gasteiger partial charge is 0.382 e. The highest BCUT2D eigenvalue weighted by atomic mass is 16.5. The molecule has 29 heavy (non-hydrogen) atoms. The zero-order valence-corrected chi connectivity index (χ0v) is 18.2. The smallest absolute Gasteiger partial charge is 0.149 e. The molecule has 0 saturated heterocycles. The molecule has 0 radical (unpaired) electrons. The summed E-state index contributed by atoms with van der Waals surface area (Å²) in [5.41, 5.74) is 5.52. The molecule has 0 amide bonds. The number of ketones is 4. The normalized spacial score (nSPS) is 13.1. The monoisotopic (exact) mass is 414 g/mol. The van der Waals surface area contributed by atoms with Crippen molar-refractivity contribution in [3.63, 3.8) is 0 Å². The maximum atomic E-state index is 12.4. The van der Waals surface area contributed by atoms with E-state index in [0.29, 0.717) is 51.9 Å². The van der Waals surface area contributed by atoms with Crippen molar-refractivity contribution in [1.82, 2.24) is 5.32 Å². The van der Waals surface area contributed by atoms with Crippen LogP contribution >= 0.6 is 0 Å². The van der Waals surface area contributed by atoms with Crippen LogP contribution in [0.5, 0.6) is 0 Å². The third-order valence-electron chi connectivity index (χ3n) is 4.75. The van der Waals surface area contributed by atoms with Crippen LogP contribution in [0.4, 0.5) is 0 Å². The molecule has 0 aliphatic rings. The lowest BCUT2D eigenvalue weighted by molar-refractivity contribution is -0.131. The molecular weight excluding hydrogens is 376 g/mol. The molecule has 8 nitrogen and oxygen atoms in total. The SMILES string of the molecule is CCC(=O)CC(CC(=O)CCC(NCN)C(=O)CCCOCCOC)C(=O)CC. The molecule has 0 bridgehead atoms. The Hall–Kier alpha value is -1.48. The minimum Gasteiger partial charge on any atom is -0.382 e. The van der Waals surface area contributed by atoms with Gasteiger partial charge in [0.2, 0.25) is 0 Å². The minimum absolute atomic E-state index is 0.0130. The molecule has 0 aliphatic heterocycles. The zero-order chi connectivity index (χ0) is 22.1. The van der Waals surface area contributed by atoms with Gasteiger partial charge in [0.15, 0.2) is 0 Å². The summed E-state index contributed by atoms with van der Waals surface area (Å²) in [6.45, 7) is 5.08. The van der Waals surface area contributed by atoms with Gasteiger partial charge >= 0.3 is 0 Å². The maximum Gasteiger partial charge on any atom is 0.149 e. The van der Waals surface area contributed by atoms with Gasteiger partial charge in [-0.3, -0.25) is 24.5 Å². The number of hydrogen-bond donors (Lipinski definition) is 2. The first-order valence-electron chi connectivity index (χ1n) is 10.5. The molecule has 168 valence electrons. The first-order chi connectivity index (χ1) is 13.9. The molecule has 2 unspecified atom stereocenters. The van der Waals surface area contributed by atoms with Gasteiger partial charge in [-0.1, -0.05) is 13.8 Å². The van der Waals surface area contributed by atoms with Crippen LogP contribution in [0.3, 0.4) is 0 Å². The fourth-order valence-corrected chi connectivity index (χ4v) is 2.98. The molecule has 0 aromatic heterocycles. The molecule has 3 N–H and O–H groups in total. The quantitative estimate of drug-likeness (QED) is 0.227. The van der Waals surface area contributed by atoms with E-state index < -0.39 is 12.0 Å². The van der Waals surface area contributed by atoms with Crippen molar-refractivity contribution in [1.29, 1.82) is 0 Å². The predicted octanol–water partition coefficient (Wildman–Crippen LogP) is 1.58. The average molecular weight is 415 g/mol. The van der Waals surface area contributed by atoms with Crippen molar-refractivity contribution in [2.45, 2.75) is 71.3 Å². The van der Waals surface area contributed by atoms with Crippen molar-refractivity contribution in [2.75, 3.05) is 33.6 Å². The average Bonchev–Trinajstić information content (AvgIpc) is 2.72. The van der Waals surface area contributed by atoms with Gasteiger partial charge in [-0.2, -0.15) is 0 Å². The topological polar surface area (TPSA) is 125 Å². The summed E-state index contributed by atoms with van der Waals surface area (Å²) in [7, 11) is 1.60. The highest BCUT2D eigenvalue weighted by Crippen LogP contribution is 2.17. The number of methoxy groups -OCH3 is 1. The van der Waals surface area contributed by atoms with E-state index >= 15 is 0 Å². The van der Waals surface area contributed by atoms with Gasteiger partial charge in [-0.25, -0.2) is 0 Å². The number of ether oxygens (including phenoxy) is 2. The van der Waals surface area contributed by atoms with E-state index in [1.54, 1.807) is 21.0 Å². The van der Waals surface area contributed by atoms with E-state index in [9.17, 15) is 19.2 Å². The molecule has 0 heterocycles. The van der Waals surface area contributed by atoms with Crippen LogP contribution < -0.4 is 11.1 Å². The summed E-state index contributed by atoms with van der Waals surface area (Å²) in [4.78, 5) is 48.5. The Bertz CT molecular complexity index is 509. The van der Waals surface area contributed by atoms with Crippen molar-refractivity contribution in [3.05, 3.63) is 0 Å². The van der Waals surface area contributed by atoms with E-state index in [4.69, 9.17) is 15.2 Å². The molecule has 8 heteroatoms. The Balaban J connectivity index is 4.49. The number of Topliss-reactive ketones (excluding diaryl/α,β-unsaturated/α-hetero) is 4. The van der Waals surface area contributed by atoms with Crippen molar-refractivity contribution >= 4 is 23.1 Å². The van der Waals surface area contributed by atoms with Crippen molar-refractivity contribution in [3.8, 4) is 0 Å². The zero-order valence-electron chi connectivity index (χ0n) is 18.2. The van der Waals surface area contributed by atoms with E-state index in [1.807, 2.05) is 0 Å². The fourth-order valence-electron chi connectivity index (χ4n) is 2.98. The lowest BCUT2D eigenvalue weighted by atomic mass is 9.88. The predicted molar refractivity (Wildman–Crippen MR) is 110 cm³/mol. The lowest BCUT2D eigenvalue weighted by Crippen LogP contribution is -2.40. The Morgan fingerprint density at radius 1 is 0.897 bits per heavy atom. The summed E-state index contributed by atoms with van der Waals surface area (Å²) in [6, 6.07) is -0.500. The van der Waals surface area contributed by atoms with Crippen LogP contribution in [0.25, 0.3) is 0 Å². The van der Waals surface area contributed by atoms with E-state index in [1.165, 1.54) is 0 Å². The lowest BCUT2D eigenvalue weighted by Gasteiger charge is -2.17. The third-order valence-corrected chi connectivity index (χ3v) is 4.75. The second-order valence-electron chi connectivity index (χ2n) is 7.03. The van der Waals surface area contributed by atoms with E-state index in [0.717, 1.165) is 0 Å². The molecule has 0 spiro atoms. The van der Waals surface area contributed by atoms with Crippen LogP contribution in [0.2, 0.25) is 0 Å². The Morgan fingerprint density at radius 2 is 1.59 bits per heavy atom. The Labute approximate surface area is 174 Å². The molecule has 0 aromatic rings. The summed E-state index contributed by atoms with van der Waals surface area (Å²) < 4.78 is 10.2. The molecular formula is C21H38N2O6. The molecule has 2 atom stereocenters. The Morgan fingerprint density at radius 3 is 2.17 bits per heavy atom. The second-order valence-corrected chi connectivity index (χ2v) is 7.03. The number of rotatable bonds is 20. The standard InChI is InChI=1S/C21H38N2O6/c1-4-17(24)13-16(20(26)5-2)14-18(25)8-9-19(23-15-22)21(27)7-6-10-29-12-11-28-3/h16,19,23H,4-15,22H2,1-3H3. The first kappa shape index (κ1) is 27.5. The highest BCUT2D eigenvalue weighted by Gasteiger charge is 2.24. The van der Waals surface area contributed by atoms with Crippen LogP contribution in [-0.4, -0.2) is 62.8 Å². The van der Waals surface area contributed by atoms with E-state index in [2.05, 4.69) is 5.32 Å². The fraction of sp³-hybridized carbons (Fsp3) is 0.810. The number of hydrogen-bond acceptors (Lipinski definition) is 8. The van der Waals surface area contributed by atoms with Gasteiger partial charge in [0.25, 0.3) is 0 Å². The molecule has 0 rings (SSSR count). The molecule has 0 fully saturated rings. The van der Waals surface area contributed by atoms with Gasteiger partial charge in [0.05, 0.1) is 19.3 Å². The van der Waals surface area contributed by atoms with Gasteiger partial charge < -0.3 is 15.2 Å². The molecule has 0 aliphatic carbocycles. The van der Waals surface area contributed by atoms with E-state index in [-0.39, 0.29) is 49.1 Å². The number of nitrogens with one attached hydrogen (secondary N) is 1. The second kappa shape index (κ2) is 17.4. The van der Waals surface area contributed by atoms with Crippen LogP contribution in [-0.2, 0) is 28.7 Å². The summed E-state index contributed by atoms with van der Waals surface area (Å²) in [5, 5.41) is 2.92. The van der Waals surface area contributed by atoms with Crippen molar-refractivity contribution < 1.29 is 28.7 Å². The Kier molecular flexibility index (Phi) is 16.5. The number of carbonyl (C=O) groups excluding carboxylic acids is 4. The van der Waals surface area contributed by atoms with Gasteiger partial charge in [-0.05, 0) is 12.8 Å². The van der Waals surface area contributed by atoms with Gasteiger partial charge in [0, 0.05) is 64.8 Å². The number of carbonyl (C=O) groups is 4. The highest BCUT2D eigenvalue weighted by molar-refractivity contribution is 5.92.